The van der Waals surface area contributed by atoms with Gasteiger partial charge in [0.15, 0.2) is 0 Å². The Kier molecular flexibility index (Phi) is 5.20. The number of ether oxygens (including phenoxy) is 2. The maximum absolute atomic E-state index is 11.8. The van der Waals surface area contributed by atoms with Crippen molar-refractivity contribution in [1.82, 2.24) is 0 Å². The average Bonchev–Trinajstić information content (AvgIpc) is 2.44. The van der Waals surface area contributed by atoms with E-state index in [2.05, 4.69) is 4.99 Å². The van der Waals surface area contributed by atoms with Crippen LogP contribution in [0, 0.1) is 5.41 Å². The van der Waals surface area contributed by atoms with Crippen LogP contribution in [-0.2, 0) is 14.3 Å². The minimum atomic E-state index is -0.422. The van der Waals surface area contributed by atoms with E-state index < -0.39 is 5.60 Å². The van der Waals surface area contributed by atoms with E-state index in [1.807, 2.05) is 34.6 Å². The summed E-state index contributed by atoms with van der Waals surface area (Å²) in [6, 6.07) is 0. The fourth-order valence-corrected chi connectivity index (χ4v) is 2.64. The van der Waals surface area contributed by atoms with Crippen LogP contribution in [-0.4, -0.2) is 53.4 Å². The minimum absolute atomic E-state index is 0.159. The van der Waals surface area contributed by atoms with Crippen LogP contribution in [0.15, 0.2) is 4.99 Å². The molecule has 0 fully saturated rings. The summed E-state index contributed by atoms with van der Waals surface area (Å²) in [6.45, 7) is 10.5. The Morgan fingerprint density at radius 2 is 2.06 bits per heavy atom. The molecule has 0 saturated heterocycles. The third-order valence-electron chi connectivity index (χ3n) is 2.38. The van der Waals surface area contributed by atoms with Crippen molar-refractivity contribution in [2.45, 2.75) is 56.7 Å². The van der Waals surface area contributed by atoms with Crippen LogP contribution in [0.4, 0.5) is 0 Å². The molecular weight excluding hydrogens is 425 g/mol. The summed E-state index contributed by atoms with van der Waals surface area (Å²) in [5.41, 5.74) is -0.596. The first kappa shape index (κ1) is 15.9. The summed E-state index contributed by atoms with van der Waals surface area (Å²) in [6.07, 6.45) is 1.09. The molecule has 1 atom stereocenters. The van der Waals surface area contributed by atoms with E-state index >= 15 is 0 Å². The molecule has 0 amide bonds. The number of hydrogen-bond donors (Lipinski definition) is 0. The van der Waals surface area contributed by atoms with Crippen molar-refractivity contribution < 1.29 is 14.3 Å². The van der Waals surface area contributed by atoms with E-state index in [4.69, 9.17) is 9.47 Å². The number of carbonyl (C=O) groups is 1. The van der Waals surface area contributed by atoms with Crippen molar-refractivity contribution in [2.75, 3.05) is 6.61 Å². The van der Waals surface area contributed by atoms with Crippen molar-refractivity contribution in [3.8, 4) is 0 Å². The maximum atomic E-state index is 11.8. The van der Waals surface area contributed by atoms with Gasteiger partial charge in [-0.15, -0.1) is 0 Å². The summed E-state index contributed by atoms with van der Waals surface area (Å²) in [5, 5.41) is 0. The second-order valence-electron chi connectivity index (χ2n) is 6.45. The second kappa shape index (κ2) is 5.88. The topological polar surface area (TPSA) is 47.9 Å². The molecule has 0 bridgehead atoms. The molecule has 0 saturated carbocycles. The first-order valence-electron chi connectivity index (χ1n) is 6.20. The molecule has 1 heterocycles. The van der Waals surface area contributed by atoms with Crippen LogP contribution in [0.5, 0.6) is 0 Å². The van der Waals surface area contributed by atoms with Gasteiger partial charge in [0.05, 0.1) is 0 Å². The van der Waals surface area contributed by atoms with Crippen LogP contribution in [0.1, 0.15) is 47.5 Å². The van der Waals surface area contributed by atoms with Gasteiger partial charge in [-0.3, -0.25) is 0 Å². The van der Waals surface area contributed by atoms with E-state index in [9.17, 15) is 4.79 Å². The molecule has 0 aromatic rings. The van der Waals surface area contributed by atoms with Crippen LogP contribution < -0.4 is 0 Å². The third-order valence-corrected chi connectivity index (χ3v) is 3.53. The molecule has 1 rings (SSSR count). The first-order valence-corrected chi connectivity index (χ1v) is 8.44. The van der Waals surface area contributed by atoms with Crippen molar-refractivity contribution >= 4 is 37.6 Å². The van der Waals surface area contributed by atoms with Gasteiger partial charge in [0.2, 0.25) is 0 Å². The molecule has 0 aliphatic carbocycles. The van der Waals surface area contributed by atoms with Crippen molar-refractivity contribution in [1.29, 1.82) is 0 Å². The monoisotopic (exact) mass is 448 g/mol. The Labute approximate surface area is 125 Å². The number of carbonyl (C=O) groups excluding carboxylic acids is 1. The van der Waals surface area contributed by atoms with E-state index in [0.717, 1.165) is 31.7 Å². The van der Waals surface area contributed by atoms with Gasteiger partial charge in [0.1, 0.15) is 0 Å². The van der Waals surface area contributed by atoms with Crippen LogP contribution in [0.3, 0.4) is 0 Å². The Morgan fingerprint density at radius 3 is 2.50 bits per heavy atom. The summed E-state index contributed by atoms with van der Waals surface area (Å²) in [7, 11) is 0. The predicted molar refractivity (Wildman–Crippen MR) is 71.8 cm³/mol. The number of nitrogens with zero attached hydrogens (tertiary/aromatic N) is 1. The van der Waals surface area contributed by atoms with E-state index in [0.29, 0.717) is 23.0 Å². The van der Waals surface area contributed by atoms with Crippen LogP contribution in [0.25, 0.3) is 0 Å². The fraction of sp³-hybridized carbons (Fsp3) is 0.846. The zero-order valence-corrected chi connectivity index (χ0v) is 15.8. The first-order chi connectivity index (χ1) is 8.07. The molecule has 0 spiro atoms. The standard InChI is InChI=1S/C13H22NO3.Pb/c1-12(2,3)17-11(15)9-13(4,5)8-10-14-6-7-16-10;/h6H,7-9H2,1-5H3;. The molecule has 0 aromatic carbocycles. The third kappa shape index (κ3) is 6.15. The molecule has 1 aliphatic heterocycles. The second-order valence-corrected chi connectivity index (χ2v) is 9.04. The van der Waals surface area contributed by atoms with Gasteiger partial charge in [-0.05, 0) is 0 Å². The molecule has 3 radical (unpaired) electrons. The molecule has 1 unspecified atom stereocenters. The molecule has 5 heteroatoms. The van der Waals surface area contributed by atoms with Gasteiger partial charge in [-0.25, -0.2) is 0 Å². The molecule has 0 N–H and O–H groups in total. The quantitative estimate of drug-likeness (QED) is 0.490. The summed E-state index contributed by atoms with van der Waals surface area (Å²) < 4.78 is 11.2. The summed E-state index contributed by atoms with van der Waals surface area (Å²) >= 11 is 1.02. The van der Waals surface area contributed by atoms with Crippen LogP contribution in [0.2, 0.25) is 0 Å². The normalized spacial score (nSPS) is 20.3. The van der Waals surface area contributed by atoms with Gasteiger partial charge >= 0.3 is 126 Å². The number of rotatable bonds is 4. The Morgan fingerprint density at radius 1 is 1.44 bits per heavy atom. The van der Waals surface area contributed by atoms with Crippen molar-refractivity contribution in [3.05, 3.63) is 0 Å². The van der Waals surface area contributed by atoms with E-state index in [-0.39, 0.29) is 11.4 Å². The molecule has 4 nitrogen and oxygen atoms in total. The Balaban J connectivity index is 2.49. The van der Waals surface area contributed by atoms with Gasteiger partial charge < -0.3 is 0 Å². The average molecular weight is 448 g/mol. The van der Waals surface area contributed by atoms with Crippen molar-refractivity contribution in [2.24, 2.45) is 10.4 Å². The van der Waals surface area contributed by atoms with Gasteiger partial charge in [-0.1, -0.05) is 0 Å². The van der Waals surface area contributed by atoms with E-state index in [1.165, 1.54) is 0 Å². The Bertz CT molecular complexity index is 345. The zero-order chi connectivity index (χ0) is 14.0. The number of hydrogen-bond acceptors (Lipinski definition) is 4. The zero-order valence-electron chi connectivity index (χ0n) is 11.9. The van der Waals surface area contributed by atoms with Gasteiger partial charge in [0, 0.05) is 0 Å². The molecule has 1 aliphatic rings. The van der Waals surface area contributed by atoms with Gasteiger partial charge in [0.25, 0.3) is 0 Å². The molecular formula is C13H22NO3Pb. The van der Waals surface area contributed by atoms with Gasteiger partial charge in [-0.2, -0.15) is 0 Å². The molecule has 0 aromatic heterocycles. The summed E-state index contributed by atoms with van der Waals surface area (Å²) in [4.78, 5) is 16.3. The number of esters is 1. The number of aliphatic imine (C=N–C) groups is 1. The molecule has 101 valence electrons. The Hall–Kier alpha value is -0.138. The van der Waals surface area contributed by atoms with Crippen LogP contribution >= 0.6 is 0 Å². The summed E-state index contributed by atoms with van der Waals surface area (Å²) in [5.74, 6) is 0.636. The van der Waals surface area contributed by atoms with E-state index in [1.54, 1.807) is 0 Å². The predicted octanol–water partition coefficient (Wildman–Crippen LogP) is 2.06. The fourth-order valence-electron chi connectivity index (χ4n) is 1.76. The van der Waals surface area contributed by atoms with Crippen molar-refractivity contribution in [3.63, 3.8) is 0 Å². The SMILES string of the molecule is CC(C)(CC(=O)OC(C)(C)C)CC1=N[CH]([Pb])CO1. The molecule has 18 heavy (non-hydrogen) atoms.